The van der Waals surface area contributed by atoms with Gasteiger partial charge in [0.25, 0.3) is 0 Å². The molecule has 0 aliphatic heterocycles. The summed E-state index contributed by atoms with van der Waals surface area (Å²) in [6.45, 7) is 0. The van der Waals surface area contributed by atoms with E-state index in [1.165, 1.54) is 30.5 Å². The predicted molar refractivity (Wildman–Crippen MR) is 119 cm³/mol. The van der Waals surface area contributed by atoms with Crippen molar-refractivity contribution in [3.8, 4) is 11.6 Å². The summed E-state index contributed by atoms with van der Waals surface area (Å²) in [7, 11) is -4.01. The number of benzene rings is 2. The molecule has 0 spiro atoms. The van der Waals surface area contributed by atoms with Gasteiger partial charge in [0.2, 0.25) is 11.8 Å². The van der Waals surface area contributed by atoms with Crippen LogP contribution >= 0.6 is 11.6 Å². The molecule has 1 aliphatic carbocycles. The highest BCUT2D eigenvalue weighted by Gasteiger charge is 2.43. The molecule has 0 radical (unpaired) electrons. The fourth-order valence-electron chi connectivity index (χ4n) is 3.49. The summed E-state index contributed by atoms with van der Waals surface area (Å²) in [5, 5.41) is 1.56. The van der Waals surface area contributed by atoms with Gasteiger partial charge in [0, 0.05) is 18.1 Å². The van der Waals surface area contributed by atoms with E-state index in [1.54, 1.807) is 0 Å². The van der Waals surface area contributed by atoms with Gasteiger partial charge < -0.3 is 10.1 Å². The molecule has 184 valence electrons. The summed E-state index contributed by atoms with van der Waals surface area (Å²) in [5.74, 6) is -1.20. The molecular weight excluding hydrogens is 512 g/mol. The Morgan fingerprint density at radius 1 is 1.09 bits per heavy atom. The number of carbonyl (C=O) groups excluding carboxylic acids is 1. The van der Waals surface area contributed by atoms with Crippen molar-refractivity contribution < 1.29 is 35.5 Å². The Labute approximate surface area is 202 Å². The number of amides is 1. The van der Waals surface area contributed by atoms with E-state index in [1.807, 2.05) is 0 Å². The van der Waals surface area contributed by atoms with Crippen LogP contribution in [0.4, 0.5) is 23.2 Å². The number of hydrogen-bond donors (Lipinski definition) is 1. The maximum atomic E-state index is 13.2. The van der Waals surface area contributed by atoms with Gasteiger partial charge in [-0.2, -0.15) is 13.2 Å². The Hall–Kier alpha value is -3.18. The highest BCUT2D eigenvalue weighted by molar-refractivity contribution is 7.92. The Bertz CT molecular complexity index is 1360. The first-order valence-electron chi connectivity index (χ1n) is 10.2. The first-order valence-corrected chi connectivity index (χ1v) is 12.2. The van der Waals surface area contributed by atoms with Crippen LogP contribution in [0.2, 0.25) is 5.02 Å². The van der Waals surface area contributed by atoms with Crippen LogP contribution < -0.4 is 10.1 Å². The summed E-state index contributed by atoms with van der Waals surface area (Å²) >= 11 is 5.70. The molecule has 1 amide bonds. The molecule has 0 bridgehead atoms. The molecule has 4 rings (SSSR count). The molecule has 2 aromatic carbocycles. The van der Waals surface area contributed by atoms with E-state index in [4.69, 9.17) is 16.3 Å². The number of nitrogens with zero attached hydrogens (tertiary/aromatic N) is 1. The molecule has 1 saturated carbocycles. The first-order chi connectivity index (χ1) is 16.4. The van der Waals surface area contributed by atoms with Crippen LogP contribution in [0.5, 0.6) is 11.6 Å². The smallest absolute Gasteiger partial charge is 0.416 e. The Kier molecular flexibility index (Phi) is 6.74. The van der Waals surface area contributed by atoms with Crippen molar-refractivity contribution in [2.24, 2.45) is 5.92 Å². The van der Waals surface area contributed by atoms with Crippen LogP contribution in [0.1, 0.15) is 18.4 Å². The number of anilines is 1. The van der Waals surface area contributed by atoms with Crippen molar-refractivity contribution in [2.75, 3.05) is 5.32 Å². The van der Waals surface area contributed by atoms with Gasteiger partial charge in [-0.1, -0.05) is 17.7 Å². The first kappa shape index (κ1) is 24.9. The molecule has 1 N–H and O–H groups in total. The van der Waals surface area contributed by atoms with E-state index in [-0.39, 0.29) is 29.5 Å². The predicted octanol–water partition coefficient (Wildman–Crippen LogP) is 5.88. The van der Waals surface area contributed by atoms with Gasteiger partial charge in [0.1, 0.15) is 11.6 Å². The molecule has 0 atom stereocenters. The Morgan fingerprint density at radius 3 is 2.46 bits per heavy atom. The topological polar surface area (TPSA) is 85.4 Å². The van der Waals surface area contributed by atoms with Crippen molar-refractivity contribution in [3.05, 3.63) is 77.2 Å². The number of hydrogen-bond acceptors (Lipinski definition) is 5. The molecule has 3 aromatic rings. The quantitative estimate of drug-likeness (QED) is 0.404. The lowest BCUT2D eigenvalue weighted by molar-refractivity contribution is -0.137. The minimum absolute atomic E-state index is 0.00956. The van der Waals surface area contributed by atoms with Gasteiger partial charge in [-0.3, -0.25) is 4.79 Å². The number of carbonyl (C=O) groups is 1. The van der Waals surface area contributed by atoms with Gasteiger partial charge in [0.15, 0.2) is 9.84 Å². The molecule has 0 saturated heterocycles. The van der Waals surface area contributed by atoms with Crippen molar-refractivity contribution in [1.82, 2.24) is 4.98 Å². The van der Waals surface area contributed by atoms with Gasteiger partial charge in [-0.05, 0) is 49.2 Å². The second-order valence-corrected chi connectivity index (χ2v) is 10.5. The monoisotopic (exact) mass is 528 g/mol. The highest BCUT2D eigenvalue weighted by atomic mass is 35.5. The van der Waals surface area contributed by atoms with E-state index >= 15 is 0 Å². The number of sulfone groups is 1. The SMILES string of the molecule is O=C(Nc1ccc(Oc2ccc(F)c(Cl)c2)nc1)[C@H]1C[C@H](S(=O)(=O)c2cccc(C(F)(F)F)c2)C1. The lowest BCUT2D eigenvalue weighted by Crippen LogP contribution is -2.42. The standard InChI is InChI=1S/C23H17ClF4N2O4S/c24-19-11-16(5-6-20(19)25)34-21-7-4-15(12-29-21)30-22(31)13-8-18(9-13)35(32,33)17-3-1-2-14(10-17)23(26,27)28/h1-7,10-13,18H,8-9H2,(H,30,31)/t13-,18-. The second-order valence-electron chi connectivity index (χ2n) is 7.91. The number of aromatic nitrogens is 1. The fraction of sp³-hybridized carbons (Fsp3) is 0.217. The van der Waals surface area contributed by atoms with Crippen molar-refractivity contribution in [3.63, 3.8) is 0 Å². The van der Waals surface area contributed by atoms with Crippen molar-refractivity contribution in [1.29, 1.82) is 0 Å². The van der Waals surface area contributed by atoms with E-state index in [2.05, 4.69) is 10.3 Å². The molecule has 1 fully saturated rings. The molecule has 12 heteroatoms. The van der Waals surface area contributed by atoms with E-state index in [0.717, 1.165) is 24.3 Å². The third kappa shape index (κ3) is 5.57. The zero-order chi connectivity index (χ0) is 25.4. The average molecular weight is 529 g/mol. The van der Waals surface area contributed by atoms with E-state index in [0.29, 0.717) is 11.8 Å². The number of ether oxygens (including phenoxy) is 1. The molecule has 35 heavy (non-hydrogen) atoms. The average Bonchev–Trinajstić information content (AvgIpc) is 2.76. The lowest BCUT2D eigenvalue weighted by Gasteiger charge is -2.33. The Balaban J connectivity index is 1.34. The third-order valence-corrected chi connectivity index (χ3v) is 7.97. The van der Waals surface area contributed by atoms with Gasteiger partial charge in [-0.15, -0.1) is 0 Å². The van der Waals surface area contributed by atoms with E-state index < -0.39 is 49.4 Å². The molecule has 6 nitrogen and oxygen atoms in total. The molecular formula is C23H17ClF4N2O4S. The third-order valence-electron chi connectivity index (χ3n) is 5.51. The minimum atomic E-state index is -4.66. The lowest BCUT2D eigenvalue weighted by atomic mass is 9.84. The Morgan fingerprint density at radius 2 is 1.83 bits per heavy atom. The summed E-state index contributed by atoms with van der Waals surface area (Å²) in [5.41, 5.74) is -0.710. The molecule has 1 heterocycles. The fourth-order valence-corrected chi connectivity index (χ4v) is 5.58. The summed E-state index contributed by atoms with van der Waals surface area (Å²) in [6.07, 6.45) is -3.35. The van der Waals surface area contributed by atoms with Gasteiger partial charge in [-0.25, -0.2) is 17.8 Å². The molecule has 1 aromatic heterocycles. The van der Waals surface area contributed by atoms with Crippen LogP contribution in [0.3, 0.4) is 0 Å². The maximum Gasteiger partial charge on any atom is 0.416 e. The zero-order valence-electron chi connectivity index (χ0n) is 17.7. The molecule has 0 unspecified atom stereocenters. The molecule has 1 aliphatic rings. The number of nitrogens with one attached hydrogen (secondary N) is 1. The minimum Gasteiger partial charge on any atom is -0.439 e. The van der Waals surface area contributed by atoms with Crippen molar-refractivity contribution >= 4 is 33.0 Å². The summed E-state index contributed by atoms with van der Waals surface area (Å²) in [6, 6.07) is 10.4. The summed E-state index contributed by atoms with van der Waals surface area (Å²) in [4.78, 5) is 16.1. The van der Waals surface area contributed by atoms with Crippen LogP contribution in [0.25, 0.3) is 0 Å². The number of pyridine rings is 1. The zero-order valence-corrected chi connectivity index (χ0v) is 19.3. The number of rotatable bonds is 6. The van der Waals surface area contributed by atoms with Gasteiger partial charge in [0.05, 0.1) is 32.6 Å². The second kappa shape index (κ2) is 9.46. The van der Waals surface area contributed by atoms with Crippen LogP contribution in [-0.4, -0.2) is 24.6 Å². The number of alkyl halides is 3. The van der Waals surface area contributed by atoms with Crippen LogP contribution in [-0.2, 0) is 20.8 Å². The maximum absolute atomic E-state index is 13.2. The van der Waals surface area contributed by atoms with Crippen LogP contribution in [0, 0.1) is 11.7 Å². The van der Waals surface area contributed by atoms with Crippen LogP contribution in [0.15, 0.2) is 65.7 Å². The van der Waals surface area contributed by atoms with Crippen molar-refractivity contribution in [2.45, 2.75) is 29.2 Å². The largest absolute Gasteiger partial charge is 0.439 e. The highest BCUT2D eigenvalue weighted by Crippen LogP contribution is 2.38. The van der Waals surface area contributed by atoms with Gasteiger partial charge >= 0.3 is 6.18 Å². The normalized spacial score (nSPS) is 18.0. The number of halogens is 5. The van der Waals surface area contributed by atoms with E-state index in [9.17, 15) is 30.8 Å². The summed E-state index contributed by atoms with van der Waals surface area (Å²) < 4.78 is 82.8.